The smallest absolute Gasteiger partial charge is 0.253 e. The Balaban J connectivity index is 2.04. The second-order valence-electron chi connectivity index (χ2n) is 5.33. The molecule has 1 aliphatic rings. The van der Waals surface area contributed by atoms with Crippen molar-refractivity contribution in [1.82, 2.24) is 4.90 Å². The fraction of sp³-hybridized carbons (Fsp3) is 0.562. The van der Waals surface area contributed by atoms with Crippen LogP contribution in [-0.2, 0) is 4.74 Å². The van der Waals surface area contributed by atoms with Gasteiger partial charge in [-0.2, -0.15) is 0 Å². The maximum Gasteiger partial charge on any atom is 0.253 e. The summed E-state index contributed by atoms with van der Waals surface area (Å²) in [5.74, 6) is 0.670. The van der Waals surface area contributed by atoms with Crippen LogP contribution < -0.4 is 0 Å². The number of methoxy groups -OCH3 is 1. The molecule has 1 heterocycles. The average Bonchev–Trinajstić information content (AvgIpc) is 2.94. The highest BCUT2D eigenvalue weighted by Crippen LogP contribution is 2.20. The molecule has 0 radical (unpaired) electrons. The van der Waals surface area contributed by atoms with Gasteiger partial charge in [0.15, 0.2) is 0 Å². The predicted molar refractivity (Wildman–Crippen MR) is 76.5 cm³/mol. The average molecular weight is 261 g/mol. The lowest BCUT2D eigenvalue weighted by Gasteiger charge is -2.17. The van der Waals surface area contributed by atoms with E-state index in [0.29, 0.717) is 12.5 Å². The molecule has 1 aromatic carbocycles. The lowest BCUT2D eigenvalue weighted by atomic mass is 9.97. The van der Waals surface area contributed by atoms with Crippen molar-refractivity contribution in [3.05, 3.63) is 35.4 Å². The summed E-state index contributed by atoms with van der Waals surface area (Å²) in [7, 11) is 1.71. The summed E-state index contributed by atoms with van der Waals surface area (Å²) in [6, 6.07) is 8.05. The SMILES string of the molecule is CCC(C)c1ccc(C(=O)N2CCC(OC)C2)cc1. The van der Waals surface area contributed by atoms with Gasteiger partial charge in [0.1, 0.15) is 0 Å². The van der Waals surface area contributed by atoms with Crippen LogP contribution in [0.2, 0.25) is 0 Å². The molecule has 19 heavy (non-hydrogen) atoms. The van der Waals surface area contributed by atoms with Crippen molar-refractivity contribution in [1.29, 1.82) is 0 Å². The van der Waals surface area contributed by atoms with E-state index >= 15 is 0 Å². The summed E-state index contributed by atoms with van der Waals surface area (Å²) in [6.45, 7) is 5.90. The third-order valence-electron chi connectivity index (χ3n) is 4.10. The highest BCUT2D eigenvalue weighted by molar-refractivity contribution is 5.94. The molecule has 0 aliphatic carbocycles. The summed E-state index contributed by atoms with van der Waals surface area (Å²) in [4.78, 5) is 14.2. The molecule has 1 aromatic rings. The van der Waals surface area contributed by atoms with Gasteiger partial charge in [0, 0.05) is 25.8 Å². The summed E-state index contributed by atoms with van der Waals surface area (Å²) < 4.78 is 5.30. The number of likely N-dealkylation sites (tertiary alicyclic amines) is 1. The van der Waals surface area contributed by atoms with Crippen LogP contribution in [0, 0.1) is 0 Å². The minimum Gasteiger partial charge on any atom is -0.380 e. The Kier molecular flexibility index (Phi) is 4.59. The van der Waals surface area contributed by atoms with E-state index in [9.17, 15) is 4.79 Å². The number of amides is 1. The highest BCUT2D eigenvalue weighted by Gasteiger charge is 2.26. The predicted octanol–water partition coefficient (Wildman–Crippen LogP) is 3.06. The van der Waals surface area contributed by atoms with Gasteiger partial charge in [-0.25, -0.2) is 0 Å². The molecule has 2 rings (SSSR count). The largest absolute Gasteiger partial charge is 0.380 e. The quantitative estimate of drug-likeness (QED) is 0.833. The molecule has 0 bridgehead atoms. The Morgan fingerprint density at radius 3 is 2.63 bits per heavy atom. The van der Waals surface area contributed by atoms with Crippen LogP contribution in [0.1, 0.15) is 48.5 Å². The standard InChI is InChI=1S/C16H23NO2/c1-4-12(2)13-5-7-14(8-6-13)16(18)17-10-9-15(11-17)19-3/h5-8,12,15H,4,9-11H2,1-3H3. The van der Waals surface area contributed by atoms with Crippen molar-refractivity contribution in [3.8, 4) is 0 Å². The maximum atomic E-state index is 12.3. The van der Waals surface area contributed by atoms with Crippen molar-refractivity contribution in [2.45, 2.75) is 38.7 Å². The normalized spacial score (nSPS) is 20.6. The Morgan fingerprint density at radius 1 is 1.42 bits per heavy atom. The Morgan fingerprint density at radius 2 is 2.11 bits per heavy atom. The van der Waals surface area contributed by atoms with Crippen LogP contribution in [0.25, 0.3) is 0 Å². The topological polar surface area (TPSA) is 29.5 Å². The van der Waals surface area contributed by atoms with Gasteiger partial charge in [-0.05, 0) is 36.5 Å². The monoisotopic (exact) mass is 261 g/mol. The molecule has 1 fully saturated rings. The number of rotatable bonds is 4. The molecule has 1 aliphatic heterocycles. The lowest BCUT2D eigenvalue weighted by Crippen LogP contribution is -2.29. The zero-order valence-electron chi connectivity index (χ0n) is 12.1. The summed E-state index contributed by atoms with van der Waals surface area (Å²) in [5.41, 5.74) is 2.08. The molecular formula is C16H23NO2. The van der Waals surface area contributed by atoms with Crippen molar-refractivity contribution >= 4 is 5.91 Å². The van der Waals surface area contributed by atoms with Crippen molar-refractivity contribution in [2.75, 3.05) is 20.2 Å². The first-order chi connectivity index (χ1) is 9.15. The Hall–Kier alpha value is -1.35. The molecule has 1 amide bonds. The van der Waals surface area contributed by atoms with Gasteiger partial charge in [-0.3, -0.25) is 4.79 Å². The molecule has 0 N–H and O–H groups in total. The van der Waals surface area contributed by atoms with Gasteiger partial charge in [0.05, 0.1) is 6.10 Å². The highest BCUT2D eigenvalue weighted by atomic mass is 16.5. The third kappa shape index (κ3) is 3.16. The minimum absolute atomic E-state index is 0.121. The van der Waals surface area contributed by atoms with Gasteiger partial charge in [0.2, 0.25) is 0 Å². The van der Waals surface area contributed by atoms with E-state index in [1.165, 1.54) is 5.56 Å². The van der Waals surface area contributed by atoms with Crippen molar-refractivity contribution in [3.63, 3.8) is 0 Å². The summed E-state index contributed by atoms with van der Waals surface area (Å²) >= 11 is 0. The Bertz CT molecular complexity index is 427. The van der Waals surface area contributed by atoms with E-state index < -0.39 is 0 Å². The number of ether oxygens (including phenoxy) is 1. The van der Waals surface area contributed by atoms with Crippen molar-refractivity contribution in [2.24, 2.45) is 0 Å². The molecular weight excluding hydrogens is 238 g/mol. The molecule has 1 saturated heterocycles. The molecule has 0 spiro atoms. The van der Waals surface area contributed by atoms with Gasteiger partial charge < -0.3 is 9.64 Å². The maximum absolute atomic E-state index is 12.3. The van der Waals surface area contributed by atoms with Gasteiger partial charge in [-0.1, -0.05) is 26.0 Å². The molecule has 0 aromatic heterocycles. The fourth-order valence-electron chi connectivity index (χ4n) is 2.48. The molecule has 104 valence electrons. The van der Waals surface area contributed by atoms with Crippen LogP contribution >= 0.6 is 0 Å². The second-order valence-corrected chi connectivity index (χ2v) is 5.33. The first kappa shape index (κ1) is 14.1. The summed E-state index contributed by atoms with van der Waals surface area (Å²) in [6.07, 6.45) is 2.26. The van der Waals surface area contributed by atoms with Crippen LogP contribution in [0.15, 0.2) is 24.3 Å². The third-order valence-corrected chi connectivity index (χ3v) is 4.10. The Labute approximate surface area is 115 Å². The number of nitrogens with zero attached hydrogens (tertiary/aromatic N) is 1. The fourth-order valence-corrected chi connectivity index (χ4v) is 2.48. The first-order valence-corrected chi connectivity index (χ1v) is 7.07. The molecule has 2 unspecified atom stereocenters. The number of benzene rings is 1. The van der Waals surface area contributed by atoms with Crippen LogP contribution in [0.4, 0.5) is 0 Å². The molecule has 0 saturated carbocycles. The van der Waals surface area contributed by atoms with Gasteiger partial charge in [0.25, 0.3) is 5.91 Å². The molecule has 2 atom stereocenters. The number of carbonyl (C=O) groups excluding carboxylic acids is 1. The zero-order valence-corrected chi connectivity index (χ0v) is 12.1. The van der Waals surface area contributed by atoms with Gasteiger partial charge >= 0.3 is 0 Å². The van der Waals surface area contributed by atoms with E-state index in [2.05, 4.69) is 26.0 Å². The number of hydrogen-bond acceptors (Lipinski definition) is 2. The number of carbonyl (C=O) groups is 1. The zero-order chi connectivity index (χ0) is 13.8. The first-order valence-electron chi connectivity index (χ1n) is 7.07. The van der Waals surface area contributed by atoms with Crippen LogP contribution in [0.5, 0.6) is 0 Å². The second kappa shape index (κ2) is 6.20. The molecule has 3 nitrogen and oxygen atoms in total. The van der Waals surface area contributed by atoms with E-state index in [1.54, 1.807) is 7.11 Å². The van der Waals surface area contributed by atoms with E-state index in [1.807, 2.05) is 17.0 Å². The van der Waals surface area contributed by atoms with E-state index in [0.717, 1.165) is 24.9 Å². The van der Waals surface area contributed by atoms with E-state index in [-0.39, 0.29) is 12.0 Å². The minimum atomic E-state index is 0.121. The lowest BCUT2D eigenvalue weighted by molar-refractivity contribution is 0.0724. The van der Waals surface area contributed by atoms with Crippen molar-refractivity contribution < 1.29 is 9.53 Å². The molecule has 3 heteroatoms. The van der Waals surface area contributed by atoms with E-state index in [4.69, 9.17) is 4.74 Å². The van der Waals surface area contributed by atoms with Crippen LogP contribution in [0.3, 0.4) is 0 Å². The number of hydrogen-bond donors (Lipinski definition) is 0. The van der Waals surface area contributed by atoms with Crippen LogP contribution in [-0.4, -0.2) is 37.1 Å². The van der Waals surface area contributed by atoms with Gasteiger partial charge in [-0.15, -0.1) is 0 Å². The summed E-state index contributed by atoms with van der Waals surface area (Å²) in [5, 5.41) is 0.